The summed E-state index contributed by atoms with van der Waals surface area (Å²) in [5.41, 5.74) is 8.24. The first-order valence-corrected chi connectivity index (χ1v) is 7.43. The molecular weight excluding hydrogens is 236 g/mol. The molecule has 1 saturated heterocycles. The van der Waals surface area contributed by atoms with Crippen molar-refractivity contribution >= 4 is 11.4 Å². The van der Waals surface area contributed by atoms with Crippen molar-refractivity contribution in [3.8, 4) is 5.75 Å². The van der Waals surface area contributed by atoms with E-state index in [1.54, 1.807) is 0 Å². The highest BCUT2D eigenvalue weighted by Crippen LogP contribution is 2.37. The third kappa shape index (κ3) is 2.96. The summed E-state index contributed by atoms with van der Waals surface area (Å²) >= 11 is 0. The molecule has 1 aromatic rings. The minimum atomic E-state index is 0.601. The summed E-state index contributed by atoms with van der Waals surface area (Å²) in [7, 11) is 0. The zero-order valence-electron chi connectivity index (χ0n) is 12.4. The van der Waals surface area contributed by atoms with Gasteiger partial charge in [0.1, 0.15) is 5.75 Å². The molecule has 2 N–H and O–H groups in total. The van der Waals surface area contributed by atoms with Gasteiger partial charge < -0.3 is 15.4 Å². The average Bonchev–Trinajstić information content (AvgIpc) is 2.87. The van der Waals surface area contributed by atoms with Crippen molar-refractivity contribution in [1.82, 2.24) is 0 Å². The van der Waals surface area contributed by atoms with Gasteiger partial charge in [-0.15, -0.1) is 0 Å². The Labute approximate surface area is 116 Å². The first-order valence-electron chi connectivity index (χ1n) is 7.43. The van der Waals surface area contributed by atoms with Gasteiger partial charge in [-0.2, -0.15) is 0 Å². The van der Waals surface area contributed by atoms with Gasteiger partial charge >= 0.3 is 0 Å². The molecule has 1 fully saturated rings. The van der Waals surface area contributed by atoms with Crippen molar-refractivity contribution in [2.75, 3.05) is 23.8 Å². The zero-order valence-corrected chi connectivity index (χ0v) is 12.4. The van der Waals surface area contributed by atoms with Gasteiger partial charge in [0.15, 0.2) is 0 Å². The Morgan fingerprint density at radius 1 is 1.42 bits per heavy atom. The van der Waals surface area contributed by atoms with Gasteiger partial charge in [-0.3, -0.25) is 0 Å². The molecule has 1 atom stereocenters. The first kappa shape index (κ1) is 14.0. The number of hydrogen-bond acceptors (Lipinski definition) is 3. The monoisotopic (exact) mass is 262 g/mol. The van der Waals surface area contributed by atoms with E-state index in [1.807, 2.05) is 12.1 Å². The van der Waals surface area contributed by atoms with Crippen molar-refractivity contribution in [1.29, 1.82) is 0 Å². The van der Waals surface area contributed by atoms with E-state index < -0.39 is 0 Å². The van der Waals surface area contributed by atoms with Crippen LogP contribution in [0.2, 0.25) is 0 Å². The predicted molar refractivity (Wildman–Crippen MR) is 81.8 cm³/mol. The molecule has 0 bridgehead atoms. The number of benzene rings is 1. The number of nitrogen functional groups attached to an aromatic ring is 1. The second kappa shape index (κ2) is 6.18. The number of nitrogens with two attached hydrogens (primary N) is 1. The van der Waals surface area contributed by atoms with Crippen molar-refractivity contribution in [2.45, 2.75) is 46.1 Å². The summed E-state index contributed by atoms with van der Waals surface area (Å²) in [5.74, 6) is 1.48. The maximum Gasteiger partial charge on any atom is 0.144 e. The standard InChI is InChI=1S/C16H26N2O/c1-4-11-19-15-9-5-7-14(16(15)17)18-10-6-8-13(18)12(2)3/h5,7,9,12-13H,4,6,8,10-11,17H2,1-3H3. The van der Waals surface area contributed by atoms with E-state index >= 15 is 0 Å². The molecule has 0 amide bonds. The van der Waals surface area contributed by atoms with Crippen LogP contribution in [0.25, 0.3) is 0 Å². The van der Waals surface area contributed by atoms with Gasteiger partial charge in [-0.1, -0.05) is 26.8 Å². The number of anilines is 2. The quantitative estimate of drug-likeness (QED) is 0.823. The Balaban J connectivity index is 2.24. The highest BCUT2D eigenvalue weighted by molar-refractivity contribution is 5.74. The van der Waals surface area contributed by atoms with Gasteiger partial charge in [-0.05, 0) is 37.3 Å². The van der Waals surface area contributed by atoms with Crippen LogP contribution in [-0.2, 0) is 0 Å². The highest BCUT2D eigenvalue weighted by atomic mass is 16.5. The Hall–Kier alpha value is -1.38. The van der Waals surface area contributed by atoms with Gasteiger partial charge in [0.25, 0.3) is 0 Å². The van der Waals surface area contributed by atoms with Gasteiger partial charge in [0.05, 0.1) is 18.0 Å². The minimum Gasteiger partial charge on any atom is -0.491 e. The van der Waals surface area contributed by atoms with E-state index in [4.69, 9.17) is 10.5 Å². The van der Waals surface area contributed by atoms with Crippen LogP contribution >= 0.6 is 0 Å². The number of nitrogens with zero attached hydrogens (tertiary/aromatic N) is 1. The largest absolute Gasteiger partial charge is 0.491 e. The molecule has 1 heterocycles. The molecule has 0 saturated carbocycles. The summed E-state index contributed by atoms with van der Waals surface area (Å²) in [6.07, 6.45) is 3.52. The van der Waals surface area contributed by atoms with Crippen LogP contribution in [-0.4, -0.2) is 19.2 Å². The summed E-state index contributed by atoms with van der Waals surface area (Å²) in [6, 6.07) is 6.74. The lowest BCUT2D eigenvalue weighted by molar-refractivity contribution is 0.319. The third-order valence-electron chi connectivity index (χ3n) is 3.88. The lowest BCUT2D eigenvalue weighted by Crippen LogP contribution is -2.33. The molecular formula is C16H26N2O. The summed E-state index contributed by atoms with van der Waals surface area (Å²) in [5, 5.41) is 0. The van der Waals surface area contributed by atoms with Crippen molar-refractivity contribution in [2.24, 2.45) is 5.92 Å². The van der Waals surface area contributed by atoms with Crippen molar-refractivity contribution in [3.05, 3.63) is 18.2 Å². The number of ether oxygens (including phenoxy) is 1. The van der Waals surface area contributed by atoms with E-state index in [0.29, 0.717) is 12.0 Å². The lowest BCUT2D eigenvalue weighted by atomic mass is 10.0. The summed E-state index contributed by atoms with van der Waals surface area (Å²) in [6.45, 7) is 8.51. The van der Waals surface area contributed by atoms with Crippen LogP contribution in [0.15, 0.2) is 18.2 Å². The van der Waals surface area contributed by atoms with Gasteiger partial charge in [0.2, 0.25) is 0 Å². The van der Waals surface area contributed by atoms with Crippen LogP contribution in [0.3, 0.4) is 0 Å². The predicted octanol–water partition coefficient (Wildman–Crippen LogP) is 3.68. The molecule has 0 aliphatic carbocycles. The molecule has 1 aromatic carbocycles. The number of rotatable bonds is 5. The topological polar surface area (TPSA) is 38.5 Å². The normalized spacial score (nSPS) is 19.2. The van der Waals surface area contributed by atoms with Crippen LogP contribution in [0, 0.1) is 5.92 Å². The Morgan fingerprint density at radius 2 is 2.21 bits per heavy atom. The highest BCUT2D eigenvalue weighted by Gasteiger charge is 2.28. The van der Waals surface area contributed by atoms with Crippen LogP contribution in [0.4, 0.5) is 11.4 Å². The molecule has 1 aliphatic rings. The van der Waals surface area contributed by atoms with E-state index in [0.717, 1.165) is 36.7 Å². The zero-order chi connectivity index (χ0) is 13.8. The third-order valence-corrected chi connectivity index (χ3v) is 3.88. The lowest BCUT2D eigenvalue weighted by Gasteiger charge is -2.31. The maximum atomic E-state index is 6.30. The second-order valence-corrected chi connectivity index (χ2v) is 5.68. The maximum absolute atomic E-state index is 6.30. The van der Waals surface area contributed by atoms with Gasteiger partial charge in [-0.25, -0.2) is 0 Å². The van der Waals surface area contributed by atoms with E-state index in [9.17, 15) is 0 Å². The molecule has 1 unspecified atom stereocenters. The molecule has 3 heteroatoms. The fraction of sp³-hybridized carbons (Fsp3) is 0.625. The molecule has 19 heavy (non-hydrogen) atoms. The first-order chi connectivity index (χ1) is 9.15. The van der Waals surface area contributed by atoms with Gasteiger partial charge in [0, 0.05) is 12.6 Å². The fourth-order valence-electron chi connectivity index (χ4n) is 2.91. The van der Waals surface area contributed by atoms with E-state index in [2.05, 4.69) is 31.7 Å². The summed E-state index contributed by atoms with van der Waals surface area (Å²) < 4.78 is 5.73. The van der Waals surface area contributed by atoms with E-state index in [-0.39, 0.29) is 0 Å². The number of para-hydroxylation sites is 1. The second-order valence-electron chi connectivity index (χ2n) is 5.68. The molecule has 1 aliphatic heterocycles. The molecule has 0 aromatic heterocycles. The molecule has 106 valence electrons. The smallest absolute Gasteiger partial charge is 0.144 e. The summed E-state index contributed by atoms with van der Waals surface area (Å²) in [4.78, 5) is 2.46. The van der Waals surface area contributed by atoms with E-state index in [1.165, 1.54) is 12.8 Å². The van der Waals surface area contributed by atoms with Crippen LogP contribution in [0.5, 0.6) is 5.75 Å². The number of hydrogen-bond donors (Lipinski definition) is 1. The van der Waals surface area contributed by atoms with Crippen molar-refractivity contribution < 1.29 is 4.74 Å². The SMILES string of the molecule is CCCOc1cccc(N2CCCC2C(C)C)c1N. The van der Waals surface area contributed by atoms with Crippen molar-refractivity contribution in [3.63, 3.8) is 0 Å². The molecule has 0 radical (unpaired) electrons. The Kier molecular flexibility index (Phi) is 4.56. The Bertz CT molecular complexity index is 417. The molecule has 3 nitrogen and oxygen atoms in total. The fourth-order valence-corrected chi connectivity index (χ4v) is 2.91. The Morgan fingerprint density at radius 3 is 2.89 bits per heavy atom. The molecule has 0 spiro atoms. The average molecular weight is 262 g/mol. The molecule has 2 rings (SSSR count). The minimum absolute atomic E-state index is 0.601. The van der Waals surface area contributed by atoms with Crippen LogP contribution < -0.4 is 15.4 Å². The van der Waals surface area contributed by atoms with Crippen LogP contribution in [0.1, 0.15) is 40.0 Å².